The van der Waals surface area contributed by atoms with Gasteiger partial charge in [0.2, 0.25) is 0 Å². The molecule has 0 radical (unpaired) electrons. The van der Waals surface area contributed by atoms with E-state index < -0.39 is 0 Å². The molecule has 1 N–H and O–H groups in total. The second-order valence-electron chi connectivity index (χ2n) is 6.83. The maximum absolute atomic E-state index is 4.25. The lowest BCUT2D eigenvalue weighted by atomic mass is 9.84. The lowest BCUT2D eigenvalue weighted by Crippen LogP contribution is -2.32. The van der Waals surface area contributed by atoms with E-state index in [4.69, 9.17) is 0 Å². The normalized spacial score (nSPS) is 24.6. The predicted molar refractivity (Wildman–Crippen MR) is 77.9 cm³/mol. The van der Waals surface area contributed by atoms with E-state index in [0.29, 0.717) is 6.04 Å². The molecule has 1 saturated carbocycles. The topological polar surface area (TPSA) is 42.7 Å². The van der Waals surface area contributed by atoms with Crippen LogP contribution in [0.4, 0.5) is 0 Å². The fourth-order valence-electron chi connectivity index (χ4n) is 2.73. The average molecular weight is 264 g/mol. The fourth-order valence-corrected chi connectivity index (χ4v) is 2.73. The maximum atomic E-state index is 4.25. The first-order chi connectivity index (χ1) is 8.99. The first kappa shape index (κ1) is 14.5. The molecule has 1 aliphatic rings. The number of hydrogen-bond donors (Lipinski definition) is 1. The molecule has 0 amide bonds. The van der Waals surface area contributed by atoms with Crippen molar-refractivity contribution in [3.05, 3.63) is 11.9 Å². The first-order valence-electron chi connectivity index (χ1n) is 7.64. The van der Waals surface area contributed by atoms with Crippen LogP contribution in [0.1, 0.15) is 65.5 Å². The molecule has 1 aromatic heterocycles. The van der Waals surface area contributed by atoms with Crippen molar-refractivity contribution in [3.8, 4) is 0 Å². The second-order valence-corrected chi connectivity index (χ2v) is 6.83. The minimum atomic E-state index is 0.0183. The van der Waals surface area contributed by atoms with Crippen LogP contribution in [0.15, 0.2) is 6.20 Å². The molecule has 0 aliphatic heterocycles. The Morgan fingerprint density at radius 2 is 1.95 bits per heavy atom. The summed E-state index contributed by atoms with van der Waals surface area (Å²) >= 11 is 0. The molecule has 0 atom stereocenters. The van der Waals surface area contributed by atoms with E-state index in [1.54, 1.807) is 0 Å². The van der Waals surface area contributed by atoms with Gasteiger partial charge in [0, 0.05) is 12.6 Å². The molecule has 0 spiro atoms. The van der Waals surface area contributed by atoms with Gasteiger partial charge < -0.3 is 5.32 Å². The van der Waals surface area contributed by atoms with Crippen LogP contribution in [-0.2, 0) is 12.1 Å². The van der Waals surface area contributed by atoms with Crippen molar-refractivity contribution in [2.75, 3.05) is 0 Å². The monoisotopic (exact) mass is 264 g/mol. The van der Waals surface area contributed by atoms with Gasteiger partial charge in [-0.25, -0.2) is 4.68 Å². The van der Waals surface area contributed by atoms with Crippen molar-refractivity contribution in [2.45, 2.75) is 77.9 Å². The Hall–Kier alpha value is -0.900. The fraction of sp³-hybridized carbons (Fsp3) is 0.867. The molecule has 1 aliphatic carbocycles. The Labute approximate surface area is 117 Å². The number of nitrogens with one attached hydrogen (secondary N) is 1. The Bertz CT molecular complexity index is 383. The first-order valence-corrected chi connectivity index (χ1v) is 7.64. The number of aromatic nitrogens is 3. The zero-order valence-corrected chi connectivity index (χ0v) is 12.8. The van der Waals surface area contributed by atoms with Crippen molar-refractivity contribution in [1.29, 1.82) is 0 Å². The van der Waals surface area contributed by atoms with E-state index >= 15 is 0 Å². The Morgan fingerprint density at radius 1 is 1.26 bits per heavy atom. The van der Waals surface area contributed by atoms with Crippen LogP contribution in [0.5, 0.6) is 0 Å². The van der Waals surface area contributed by atoms with Crippen LogP contribution in [-0.4, -0.2) is 21.0 Å². The van der Waals surface area contributed by atoms with E-state index in [-0.39, 0.29) is 5.54 Å². The summed E-state index contributed by atoms with van der Waals surface area (Å²) in [4.78, 5) is 0. The second kappa shape index (κ2) is 6.04. The highest BCUT2D eigenvalue weighted by molar-refractivity contribution is 4.95. The zero-order chi connectivity index (χ0) is 13.9. The van der Waals surface area contributed by atoms with E-state index in [2.05, 4.69) is 49.5 Å². The minimum absolute atomic E-state index is 0.0183. The molecule has 4 heteroatoms. The highest BCUT2D eigenvalue weighted by atomic mass is 15.4. The summed E-state index contributed by atoms with van der Waals surface area (Å²) in [6.45, 7) is 9.58. The molecule has 1 aromatic rings. The molecular formula is C15H28N4. The zero-order valence-electron chi connectivity index (χ0n) is 12.8. The Balaban J connectivity index is 1.78. The van der Waals surface area contributed by atoms with Crippen molar-refractivity contribution < 1.29 is 0 Å². The summed E-state index contributed by atoms with van der Waals surface area (Å²) in [5.41, 5.74) is 1.07. The van der Waals surface area contributed by atoms with Gasteiger partial charge in [-0.3, -0.25) is 0 Å². The van der Waals surface area contributed by atoms with Crippen molar-refractivity contribution in [3.63, 3.8) is 0 Å². The summed E-state index contributed by atoms with van der Waals surface area (Å²) in [7, 11) is 0. The number of hydrogen-bond acceptors (Lipinski definition) is 3. The van der Waals surface area contributed by atoms with Gasteiger partial charge in [0.15, 0.2) is 0 Å². The summed E-state index contributed by atoms with van der Waals surface area (Å²) in [6.07, 6.45) is 8.78. The van der Waals surface area contributed by atoms with Gasteiger partial charge in [0.1, 0.15) is 0 Å². The van der Waals surface area contributed by atoms with Gasteiger partial charge in [0.05, 0.1) is 17.4 Å². The molecule has 19 heavy (non-hydrogen) atoms. The average Bonchev–Trinajstić information content (AvgIpc) is 2.86. The molecule has 2 rings (SSSR count). The lowest BCUT2D eigenvalue weighted by molar-refractivity contribution is 0.284. The van der Waals surface area contributed by atoms with Crippen molar-refractivity contribution >= 4 is 0 Å². The third-order valence-corrected chi connectivity index (χ3v) is 4.22. The smallest absolute Gasteiger partial charge is 0.0965 e. The highest BCUT2D eigenvalue weighted by Gasteiger charge is 2.20. The van der Waals surface area contributed by atoms with Crippen molar-refractivity contribution in [2.24, 2.45) is 5.92 Å². The lowest BCUT2D eigenvalue weighted by Gasteiger charge is -2.28. The van der Waals surface area contributed by atoms with Gasteiger partial charge in [-0.1, -0.05) is 18.6 Å². The van der Waals surface area contributed by atoms with Gasteiger partial charge in [-0.05, 0) is 52.4 Å². The van der Waals surface area contributed by atoms with E-state index in [9.17, 15) is 0 Å². The SMILES string of the molecule is CCC1CCC(NCc2cn(C(C)(C)C)nn2)CC1. The molecule has 0 saturated heterocycles. The van der Waals surface area contributed by atoms with Gasteiger partial charge in [-0.15, -0.1) is 5.10 Å². The Kier molecular flexibility index (Phi) is 4.61. The van der Waals surface area contributed by atoms with Crippen LogP contribution < -0.4 is 5.32 Å². The summed E-state index contributed by atoms with van der Waals surface area (Å²) in [5, 5.41) is 12.1. The molecule has 1 heterocycles. The third kappa shape index (κ3) is 4.03. The van der Waals surface area contributed by atoms with E-state index in [1.165, 1.54) is 32.1 Å². The van der Waals surface area contributed by atoms with Gasteiger partial charge in [0.25, 0.3) is 0 Å². The molecule has 0 aromatic carbocycles. The molecule has 0 bridgehead atoms. The number of nitrogens with zero attached hydrogens (tertiary/aromatic N) is 3. The molecular weight excluding hydrogens is 236 g/mol. The maximum Gasteiger partial charge on any atom is 0.0965 e. The molecule has 1 fully saturated rings. The predicted octanol–water partition coefficient (Wildman–Crippen LogP) is 3.09. The molecule has 108 valence electrons. The summed E-state index contributed by atoms with van der Waals surface area (Å²) < 4.78 is 1.94. The van der Waals surface area contributed by atoms with E-state index in [1.807, 2.05) is 4.68 Å². The van der Waals surface area contributed by atoms with Gasteiger partial charge in [-0.2, -0.15) is 0 Å². The largest absolute Gasteiger partial charge is 0.308 e. The van der Waals surface area contributed by atoms with E-state index in [0.717, 1.165) is 18.2 Å². The number of rotatable bonds is 4. The van der Waals surface area contributed by atoms with Crippen LogP contribution >= 0.6 is 0 Å². The molecule has 4 nitrogen and oxygen atoms in total. The quantitative estimate of drug-likeness (QED) is 0.908. The van der Waals surface area contributed by atoms with Crippen LogP contribution in [0, 0.1) is 5.92 Å². The molecule has 0 unspecified atom stereocenters. The van der Waals surface area contributed by atoms with Gasteiger partial charge >= 0.3 is 0 Å². The summed E-state index contributed by atoms with van der Waals surface area (Å²) in [5.74, 6) is 0.958. The van der Waals surface area contributed by atoms with Crippen LogP contribution in [0.25, 0.3) is 0 Å². The third-order valence-electron chi connectivity index (χ3n) is 4.22. The Morgan fingerprint density at radius 3 is 2.47 bits per heavy atom. The highest BCUT2D eigenvalue weighted by Crippen LogP contribution is 2.26. The van der Waals surface area contributed by atoms with Crippen molar-refractivity contribution in [1.82, 2.24) is 20.3 Å². The van der Waals surface area contributed by atoms with Crippen LogP contribution in [0.2, 0.25) is 0 Å². The van der Waals surface area contributed by atoms with Crippen LogP contribution in [0.3, 0.4) is 0 Å². The standard InChI is InChI=1S/C15H28N4/c1-5-12-6-8-13(9-7-12)16-10-14-11-19(18-17-14)15(2,3)4/h11-13,16H,5-10H2,1-4H3. The minimum Gasteiger partial charge on any atom is -0.308 e. The summed E-state index contributed by atoms with van der Waals surface area (Å²) in [6, 6.07) is 0.669.